The number of aromatic nitrogens is 2. The smallest absolute Gasteiger partial charge is 0.343 e. The van der Waals surface area contributed by atoms with E-state index in [-0.39, 0.29) is 22.6 Å². The molecule has 9 nitrogen and oxygen atoms in total. The van der Waals surface area contributed by atoms with E-state index < -0.39 is 41.1 Å². The van der Waals surface area contributed by atoms with Crippen molar-refractivity contribution in [2.45, 2.75) is 32.7 Å². The lowest BCUT2D eigenvalue weighted by Crippen LogP contribution is -2.31. The van der Waals surface area contributed by atoms with Gasteiger partial charge in [-0.05, 0) is 23.4 Å². The average molecular weight is 439 g/mol. The lowest BCUT2D eigenvalue weighted by atomic mass is 9.87. The van der Waals surface area contributed by atoms with E-state index in [0.717, 1.165) is 18.7 Å². The molecule has 1 amide bonds. The molecule has 9 heteroatoms. The van der Waals surface area contributed by atoms with Gasteiger partial charge in [0.1, 0.15) is 11.3 Å². The monoisotopic (exact) mass is 439 g/mol. The Labute approximate surface area is 183 Å². The van der Waals surface area contributed by atoms with Crippen LogP contribution in [0.15, 0.2) is 46.1 Å². The highest BCUT2D eigenvalue weighted by Gasteiger charge is 2.30. The number of fused-ring (bicyclic) bond motifs is 1. The zero-order valence-corrected chi connectivity index (χ0v) is 18.0. The van der Waals surface area contributed by atoms with E-state index in [4.69, 9.17) is 5.73 Å². The number of nitrogens with two attached hydrogens (primary N) is 1. The van der Waals surface area contributed by atoms with Crippen LogP contribution >= 0.6 is 0 Å². The van der Waals surface area contributed by atoms with Crippen molar-refractivity contribution in [2.24, 2.45) is 11.7 Å². The Bertz CT molecular complexity index is 1310. The fraction of sp³-hybridized carbons (Fsp3) is 0.304. The third-order valence-corrected chi connectivity index (χ3v) is 5.22. The first-order valence-electron chi connectivity index (χ1n) is 10.1. The molecule has 0 bridgehead atoms. The highest BCUT2D eigenvalue weighted by Crippen LogP contribution is 2.33. The minimum atomic E-state index is -1.17. The molecule has 0 aliphatic carbocycles. The van der Waals surface area contributed by atoms with Crippen LogP contribution in [0.2, 0.25) is 0 Å². The number of rotatable bonds is 7. The Kier molecular flexibility index (Phi) is 6.47. The fourth-order valence-electron chi connectivity index (χ4n) is 3.84. The van der Waals surface area contributed by atoms with Gasteiger partial charge < -0.3 is 25.1 Å². The van der Waals surface area contributed by atoms with Gasteiger partial charge in [0.15, 0.2) is 0 Å². The summed E-state index contributed by atoms with van der Waals surface area (Å²) in [4.78, 5) is 52.6. The molecule has 0 unspecified atom stereocenters. The van der Waals surface area contributed by atoms with Crippen LogP contribution in [0.1, 0.15) is 47.7 Å². The fourth-order valence-corrected chi connectivity index (χ4v) is 3.84. The third-order valence-electron chi connectivity index (χ3n) is 5.22. The second-order valence-electron chi connectivity index (χ2n) is 7.98. The van der Waals surface area contributed by atoms with Crippen molar-refractivity contribution in [1.29, 1.82) is 0 Å². The molecule has 0 aliphatic heterocycles. The van der Waals surface area contributed by atoms with Gasteiger partial charge in [0.25, 0.3) is 11.1 Å². The first kappa shape index (κ1) is 22.8. The molecule has 0 saturated heterocycles. The summed E-state index contributed by atoms with van der Waals surface area (Å²) in [6.07, 6.45) is 0.599. The second-order valence-corrected chi connectivity index (χ2v) is 7.98. The molecule has 1 aromatic carbocycles. The number of aromatic amines is 1. The molecular weight excluding hydrogens is 414 g/mol. The van der Waals surface area contributed by atoms with Crippen LogP contribution in [0.5, 0.6) is 5.75 Å². The summed E-state index contributed by atoms with van der Waals surface area (Å²) < 4.78 is 6.23. The number of nitrogens with zero attached hydrogens (tertiary/aromatic N) is 1. The minimum Gasteiger partial charge on any atom is -0.506 e. The van der Waals surface area contributed by atoms with Gasteiger partial charge in [0.05, 0.1) is 18.2 Å². The zero-order valence-electron chi connectivity index (χ0n) is 18.0. The van der Waals surface area contributed by atoms with Crippen LogP contribution in [-0.4, -0.2) is 33.6 Å². The molecule has 1 atom stereocenters. The highest BCUT2D eigenvalue weighted by atomic mass is 16.5. The molecule has 0 spiro atoms. The topological polar surface area (TPSA) is 144 Å². The first-order chi connectivity index (χ1) is 15.1. The van der Waals surface area contributed by atoms with Gasteiger partial charge >= 0.3 is 5.97 Å². The van der Waals surface area contributed by atoms with E-state index in [1.165, 1.54) is 0 Å². The van der Waals surface area contributed by atoms with Gasteiger partial charge in [-0.15, -0.1) is 0 Å². The number of carbonyl (C=O) groups excluding carboxylic acids is 2. The summed E-state index contributed by atoms with van der Waals surface area (Å²) >= 11 is 0. The summed E-state index contributed by atoms with van der Waals surface area (Å²) in [6.45, 7) is 4.33. The standard InChI is InChI=1S/C23H25N3O6/c1-12(2)11-26-17-7-5-4-6-13(17)8-15(22(26)30)14(9-18(24)27)19-20(28)16(23(31)32-3)10-25-21(19)29/h4-8,10,12,14H,9,11H2,1-3H3,(H2,24,27)(H2,25,28,29)/t14-/m1/s1. The quantitative estimate of drug-likeness (QED) is 0.479. The summed E-state index contributed by atoms with van der Waals surface area (Å²) in [7, 11) is 1.13. The predicted molar refractivity (Wildman–Crippen MR) is 119 cm³/mol. The molecule has 2 heterocycles. The van der Waals surface area contributed by atoms with Crippen molar-refractivity contribution in [3.05, 3.63) is 73.9 Å². The average Bonchev–Trinajstić information content (AvgIpc) is 2.74. The number of benzene rings is 1. The number of para-hydroxylation sites is 1. The Morgan fingerprint density at radius 3 is 2.53 bits per heavy atom. The highest BCUT2D eigenvalue weighted by molar-refractivity contribution is 5.92. The Morgan fingerprint density at radius 1 is 1.22 bits per heavy atom. The lowest BCUT2D eigenvalue weighted by Gasteiger charge is -2.21. The van der Waals surface area contributed by atoms with Crippen LogP contribution in [0, 0.1) is 5.92 Å². The summed E-state index contributed by atoms with van der Waals surface area (Å²) in [5.74, 6) is -3.35. The second kappa shape index (κ2) is 9.09. The first-order valence-corrected chi connectivity index (χ1v) is 10.1. The SMILES string of the molecule is COC(=O)c1c[nH]c(=O)c([C@H](CC(N)=O)c2cc3ccccc3n(CC(C)C)c2=O)c1O. The van der Waals surface area contributed by atoms with Crippen LogP contribution < -0.4 is 16.9 Å². The van der Waals surface area contributed by atoms with E-state index in [9.17, 15) is 24.3 Å². The molecule has 0 radical (unpaired) electrons. The Morgan fingerprint density at radius 2 is 1.91 bits per heavy atom. The number of carbonyl (C=O) groups is 2. The van der Waals surface area contributed by atoms with Gasteiger partial charge in [-0.2, -0.15) is 0 Å². The number of hydrogen-bond acceptors (Lipinski definition) is 6. The lowest BCUT2D eigenvalue weighted by molar-refractivity contribution is -0.118. The number of methoxy groups -OCH3 is 1. The molecule has 3 rings (SSSR count). The van der Waals surface area contributed by atoms with Gasteiger partial charge in [-0.25, -0.2) is 4.79 Å². The number of pyridine rings is 2. The van der Waals surface area contributed by atoms with Crippen molar-refractivity contribution in [2.75, 3.05) is 7.11 Å². The Balaban J connectivity index is 2.37. The molecule has 0 fully saturated rings. The number of hydrogen-bond donors (Lipinski definition) is 3. The normalized spacial score (nSPS) is 12.1. The number of nitrogens with one attached hydrogen (secondary N) is 1. The van der Waals surface area contributed by atoms with Gasteiger partial charge in [0.2, 0.25) is 5.91 Å². The van der Waals surface area contributed by atoms with Crippen LogP contribution in [0.4, 0.5) is 0 Å². The van der Waals surface area contributed by atoms with Crippen molar-refractivity contribution >= 4 is 22.8 Å². The molecule has 4 N–H and O–H groups in total. The number of ether oxygens (including phenoxy) is 1. The minimum absolute atomic E-state index is 0.117. The van der Waals surface area contributed by atoms with Crippen LogP contribution in [0.3, 0.4) is 0 Å². The van der Waals surface area contributed by atoms with Gasteiger partial charge in [-0.1, -0.05) is 32.0 Å². The van der Waals surface area contributed by atoms with Gasteiger partial charge in [0, 0.05) is 30.6 Å². The maximum Gasteiger partial charge on any atom is 0.343 e. The summed E-state index contributed by atoms with van der Waals surface area (Å²) in [6, 6.07) is 8.84. The van der Waals surface area contributed by atoms with E-state index in [1.54, 1.807) is 10.6 Å². The van der Waals surface area contributed by atoms with Gasteiger partial charge in [-0.3, -0.25) is 14.4 Å². The number of esters is 1. The van der Waals surface area contributed by atoms with Crippen molar-refractivity contribution in [3.63, 3.8) is 0 Å². The number of H-pyrrole nitrogens is 1. The van der Waals surface area contributed by atoms with E-state index in [0.29, 0.717) is 12.1 Å². The van der Waals surface area contributed by atoms with E-state index in [1.807, 2.05) is 38.1 Å². The maximum absolute atomic E-state index is 13.5. The zero-order chi connectivity index (χ0) is 23.6. The number of aromatic hydroxyl groups is 1. The van der Waals surface area contributed by atoms with Crippen LogP contribution in [0.25, 0.3) is 10.9 Å². The molecule has 32 heavy (non-hydrogen) atoms. The molecule has 0 saturated carbocycles. The molecule has 0 aliphatic rings. The van der Waals surface area contributed by atoms with Crippen molar-refractivity contribution in [1.82, 2.24) is 9.55 Å². The molecular formula is C23H25N3O6. The van der Waals surface area contributed by atoms with E-state index >= 15 is 0 Å². The van der Waals surface area contributed by atoms with E-state index in [2.05, 4.69) is 9.72 Å². The summed E-state index contributed by atoms with van der Waals surface area (Å²) in [5.41, 5.74) is 4.51. The number of primary amides is 1. The molecule has 168 valence electrons. The predicted octanol–water partition coefficient (Wildman–Crippen LogP) is 1.85. The maximum atomic E-state index is 13.5. The molecule has 2 aromatic heterocycles. The van der Waals surface area contributed by atoms with Crippen molar-refractivity contribution in [3.8, 4) is 5.75 Å². The largest absolute Gasteiger partial charge is 0.506 e. The third kappa shape index (κ3) is 4.27. The number of amides is 1. The summed E-state index contributed by atoms with van der Waals surface area (Å²) in [5, 5.41) is 11.5. The van der Waals surface area contributed by atoms with Crippen molar-refractivity contribution < 1.29 is 19.4 Å². The van der Waals surface area contributed by atoms with Crippen LogP contribution in [-0.2, 0) is 16.1 Å². The Hall–Kier alpha value is -3.88. The molecule has 3 aromatic rings.